The van der Waals surface area contributed by atoms with E-state index in [4.69, 9.17) is 4.74 Å². The molecule has 0 aromatic heterocycles. The van der Waals surface area contributed by atoms with Crippen LogP contribution in [0.15, 0.2) is 60.7 Å². The van der Waals surface area contributed by atoms with E-state index in [0.29, 0.717) is 45.9 Å². The second-order valence-corrected chi connectivity index (χ2v) is 7.59. The molecule has 1 nitrogen and oxygen atoms in total. The molecule has 0 N–H and O–H groups in total. The molecule has 0 saturated heterocycles. The molecular weight excluding hydrogens is 423 g/mol. The van der Waals surface area contributed by atoms with Crippen LogP contribution in [0.2, 0.25) is 0 Å². The Bertz CT molecular complexity index is 1280. The maximum atomic E-state index is 15.0. The van der Waals surface area contributed by atoms with Crippen molar-refractivity contribution in [2.75, 3.05) is 7.11 Å². The summed E-state index contributed by atoms with van der Waals surface area (Å²) in [5.74, 6) is -3.76. The monoisotopic (exact) mass is 442 g/mol. The zero-order valence-corrected chi connectivity index (χ0v) is 17.2. The average Bonchev–Trinajstić information content (AvgIpc) is 2.75. The molecule has 0 aliphatic carbocycles. The van der Waals surface area contributed by atoms with Gasteiger partial charge in [-0.25, -0.2) is 22.0 Å². The number of aryl methyl sites for hydroxylation is 2. The first-order valence-corrected chi connectivity index (χ1v) is 9.99. The molecule has 0 atom stereocenters. The van der Waals surface area contributed by atoms with E-state index in [1.165, 1.54) is 43.5 Å². The Balaban J connectivity index is 1.63. The van der Waals surface area contributed by atoms with Gasteiger partial charge in [0.2, 0.25) is 0 Å². The van der Waals surface area contributed by atoms with Gasteiger partial charge in [0.1, 0.15) is 17.5 Å². The smallest absolute Gasteiger partial charge is 0.159 e. The molecule has 0 bridgehead atoms. The minimum absolute atomic E-state index is 0.0877. The highest BCUT2D eigenvalue weighted by atomic mass is 19.2. The molecule has 0 fully saturated rings. The Morgan fingerprint density at radius 3 is 2.06 bits per heavy atom. The van der Waals surface area contributed by atoms with Crippen molar-refractivity contribution >= 4 is 10.8 Å². The van der Waals surface area contributed by atoms with Gasteiger partial charge in [0.05, 0.1) is 12.2 Å². The summed E-state index contributed by atoms with van der Waals surface area (Å²) in [6, 6.07) is 13.8. The van der Waals surface area contributed by atoms with E-state index in [1.807, 2.05) is 0 Å². The fourth-order valence-electron chi connectivity index (χ4n) is 3.81. The summed E-state index contributed by atoms with van der Waals surface area (Å²) in [5.41, 5.74) is 1.46. The van der Waals surface area contributed by atoms with Crippen LogP contribution >= 0.6 is 0 Å². The van der Waals surface area contributed by atoms with Crippen molar-refractivity contribution in [3.8, 4) is 11.1 Å². The third kappa shape index (κ3) is 4.36. The van der Waals surface area contributed by atoms with Crippen molar-refractivity contribution in [1.29, 1.82) is 0 Å². The molecular formula is C26H19F5O. The van der Waals surface area contributed by atoms with Gasteiger partial charge >= 0.3 is 0 Å². The van der Waals surface area contributed by atoms with Gasteiger partial charge in [-0.05, 0) is 70.8 Å². The highest BCUT2D eigenvalue weighted by Crippen LogP contribution is 2.32. The minimum Gasteiger partial charge on any atom is -0.380 e. The molecule has 0 spiro atoms. The maximum Gasteiger partial charge on any atom is 0.159 e. The zero-order valence-electron chi connectivity index (χ0n) is 17.2. The van der Waals surface area contributed by atoms with E-state index in [2.05, 4.69) is 0 Å². The fourth-order valence-corrected chi connectivity index (χ4v) is 3.81. The average molecular weight is 442 g/mol. The van der Waals surface area contributed by atoms with Crippen LogP contribution in [-0.4, -0.2) is 7.11 Å². The van der Waals surface area contributed by atoms with Gasteiger partial charge < -0.3 is 4.74 Å². The molecule has 0 unspecified atom stereocenters. The number of ether oxygens (including phenoxy) is 1. The molecule has 32 heavy (non-hydrogen) atoms. The minimum atomic E-state index is -0.941. The third-order valence-corrected chi connectivity index (χ3v) is 5.40. The van der Waals surface area contributed by atoms with Crippen LogP contribution in [0.4, 0.5) is 22.0 Å². The highest BCUT2D eigenvalue weighted by molar-refractivity contribution is 5.88. The van der Waals surface area contributed by atoms with Crippen molar-refractivity contribution in [1.82, 2.24) is 0 Å². The number of halogens is 5. The maximum absolute atomic E-state index is 15.0. The number of hydrogen-bond donors (Lipinski definition) is 0. The lowest BCUT2D eigenvalue weighted by Crippen LogP contribution is -1.98. The van der Waals surface area contributed by atoms with Crippen molar-refractivity contribution in [3.63, 3.8) is 0 Å². The number of benzene rings is 4. The quantitative estimate of drug-likeness (QED) is 0.289. The molecule has 0 amide bonds. The standard InChI is InChI=1S/C26H19F5O/c1-32-14-16-11-23(29)25(24(30)12-16)19-7-8-20-18(13-19)6-5-17(26(20)31)4-2-15-3-9-21(27)22(28)10-15/h3,5-13H,2,4,14H2,1H3. The Hall–Kier alpha value is -3.25. The van der Waals surface area contributed by atoms with E-state index >= 15 is 4.39 Å². The van der Waals surface area contributed by atoms with E-state index in [9.17, 15) is 17.6 Å². The summed E-state index contributed by atoms with van der Waals surface area (Å²) in [6.07, 6.45) is 0.626. The summed E-state index contributed by atoms with van der Waals surface area (Å²) in [5, 5.41) is 0.810. The molecule has 0 aliphatic heterocycles. The molecule has 6 heteroatoms. The molecule has 4 aromatic rings. The Labute approximate surface area is 182 Å². The van der Waals surface area contributed by atoms with Crippen LogP contribution < -0.4 is 0 Å². The molecule has 0 heterocycles. The molecule has 4 aromatic carbocycles. The van der Waals surface area contributed by atoms with Crippen LogP contribution in [0, 0.1) is 29.1 Å². The Kier molecular flexibility index (Phi) is 6.24. The Morgan fingerprint density at radius 1 is 0.656 bits per heavy atom. The predicted molar refractivity (Wildman–Crippen MR) is 114 cm³/mol. The van der Waals surface area contributed by atoms with E-state index in [-0.39, 0.29) is 12.2 Å². The van der Waals surface area contributed by atoms with Gasteiger partial charge in [-0.2, -0.15) is 0 Å². The number of fused-ring (bicyclic) bond motifs is 1. The number of hydrogen-bond acceptors (Lipinski definition) is 1. The van der Waals surface area contributed by atoms with Gasteiger partial charge in [-0.15, -0.1) is 0 Å². The van der Waals surface area contributed by atoms with Crippen molar-refractivity contribution in [2.45, 2.75) is 19.4 Å². The lowest BCUT2D eigenvalue weighted by atomic mass is 9.96. The van der Waals surface area contributed by atoms with E-state index < -0.39 is 29.1 Å². The largest absolute Gasteiger partial charge is 0.380 e. The Morgan fingerprint density at radius 2 is 1.38 bits per heavy atom. The first-order chi connectivity index (χ1) is 15.4. The first kappa shape index (κ1) is 22.0. The first-order valence-electron chi connectivity index (χ1n) is 9.99. The summed E-state index contributed by atoms with van der Waals surface area (Å²) in [4.78, 5) is 0. The number of rotatable bonds is 6. The molecule has 0 saturated carbocycles. The van der Waals surface area contributed by atoms with Gasteiger partial charge in [-0.3, -0.25) is 0 Å². The lowest BCUT2D eigenvalue weighted by Gasteiger charge is -2.11. The van der Waals surface area contributed by atoms with Gasteiger partial charge in [0.25, 0.3) is 0 Å². The normalized spacial score (nSPS) is 11.3. The van der Waals surface area contributed by atoms with Crippen LogP contribution in [0.5, 0.6) is 0 Å². The van der Waals surface area contributed by atoms with Crippen LogP contribution in [0.3, 0.4) is 0 Å². The van der Waals surface area contributed by atoms with E-state index in [0.717, 1.165) is 12.1 Å². The summed E-state index contributed by atoms with van der Waals surface area (Å²) in [7, 11) is 1.44. The SMILES string of the molecule is COCc1cc(F)c(-c2ccc3c(F)c(CCc4ccc(F)c(F)c4)ccc3c2)c(F)c1. The van der Waals surface area contributed by atoms with Crippen molar-refractivity contribution < 1.29 is 26.7 Å². The van der Waals surface area contributed by atoms with Crippen LogP contribution in [-0.2, 0) is 24.2 Å². The van der Waals surface area contributed by atoms with Crippen LogP contribution in [0.25, 0.3) is 21.9 Å². The molecule has 164 valence electrons. The van der Waals surface area contributed by atoms with Gasteiger partial charge in [0, 0.05) is 12.5 Å². The van der Waals surface area contributed by atoms with E-state index in [1.54, 1.807) is 12.1 Å². The lowest BCUT2D eigenvalue weighted by molar-refractivity contribution is 0.184. The molecule has 4 rings (SSSR count). The molecule has 0 aliphatic rings. The van der Waals surface area contributed by atoms with Crippen molar-refractivity contribution in [2.24, 2.45) is 0 Å². The van der Waals surface area contributed by atoms with Gasteiger partial charge in [-0.1, -0.05) is 30.3 Å². The fraction of sp³-hybridized carbons (Fsp3) is 0.154. The van der Waals surface area contributed by atoms with Crippen LogP contribution in [0.1, 0.15) is 16.7 Å². The highest BCUT2D eigenvalue weighted by Gasteiger charge is 2.15. The summed E-state index contributed by atoms with van der Waals surface area (Å²) < 4.78 is 75.5. The van der Waals surface area contributed by atoms with Crippen molar-refractivity contribution in [3.05, 3.63) is 106 Å². The summed E-state index contributed by atoms with van der Waals surface area (Å²) in [6.45, 7) is 0.0877. The third-order valence-electron chi connectivity index (χ3n) is 5.40. The topological polar surface area (TPSA) is 9.23 Å². The predicted octanol–water partition coefficient (Wildman–Crippen LogP) is 7.13. The zero-order chi connectivity index (χ0) is 22.8. The summed E-state index contributed by atoms with van der Waals surface area (Å²) >= 11 is 0. The van der Waals surface area contributed by atoms with Gasteiger partial charge in [0.15, 0.2) is 11.6 Å². The number of methoxy groups -OCH3 is 1. The second kappa shape index (κ2) is 9.09. The molecule has 0 radical (unpaired) electrons. The second-order valence-electron chi connectivity index (χ2n) is 7.59.